The van der Waals surface area contributed by atoms with Crippen LogP contribution < -0.4 is 4.74 Å². The van der Waals surface area contributed by atoms with Crippen molar-refractivity contribution in [3.8, 4) is 5.88 Å². The van der Waals surface area contributed by atoms with Crippen LogP contribution in [0.3, 0.4) is 0 Å². The van der Waals surface area contributed by atoms with Crippen molar-refractivity contribution in [3.63, 3.8) is 0 Å². The molecule has 1 aromatic heterocycles. The number of ether oxygens (including phenoxy) is 1. The summed E-state index contributed by atoms with van der Waals surface area (Å²) in [6, 6.07) is 1.71. The quantitative estimate of drug-likeness (QED) is 0.646. The molecule has 0 saturated heterocycles. The van der Waals surface area contributed by atoms with E-state index in [0.29, 0.717) is 5.88 Å². The third kappa shape index (κ3) is 2.21. The van der Waals surface area contributed by atoms with Crippen molar-refractivity contribution in [3.05, 3.63) is 11.8 Å². The lowest BCUT2D eigenvalue weighted by molar-refractivity contribution is 0.168. The summed E-state index contributed by atoms with van der Waals surface area (Å²) in [4.78, 5) is 12.5. The van der Waals surface area contributed by atoms with E-state index in [9.17, 15) is 4.79 Å². The molecule has 0 bridgehead atoms. The molecule has 0 N–H and O–H groups in total. The van der Waals surface area contributed by atoms with Gasteiger partial charge in [-0.25, -0.2) is 9.48 Å². The standard InChI is InChI=1S/C8H13N3O2/c1-6-5-7(11(4)9-6)13-8(12)10(2)3/h5H,1-4H3. The van der Waals surface area contributed by atoms with E-state index < -0.39 is 6.09 Å². The molecule has 1 aromatic rings. The Kier molecular flexibility index (Phi) is 2.55. The SMILES string of the molecule is Cc1cc(OC(=O)N(C)C)n(C)n1. The van der Waals surface area contributed by atoms with E-state index in [1.807, 2.05) is 6.92 Å². The summed E-state index contributed by atoms with van der Waals surface area (Å²) in [5.41, 5.74) is 0.823. The highest BCUT2D eigenvalue weighted by Gasteiger charge is 2.10. The molecule has 0 aliphatic rings. The van der Waals surface area contributed by atoms with Crippen molar-refractivity contribution in [1.82, 2.24) is 14.7 Å². The van der Waals surface area contributed by atoms with E-state index in [1.54, 1.807) is 27.2 Å². The van der Waals surface area contributed by atoms with Gasteiger partial charge in [0.2, 0.25) is 5.88 Å². The minimum absolute atomic E-state index is 0.400. The fourth-order valence-corrected chi connectivity index (χ4v) is 0.863. The lowest BCUT2D eigenvalue weighted by Gasteiger charge is -2.09. The molecule has 72 valence electrons. The average Bonchev–Trinajstić information content (AvgIpc) is 2.30. The van der Waals surface area contributed by atoms with Crippen LogP contribution in [0, 0.1) is 6.92 Å². The zero-order chi connectivity index (χ0) is 10.0. The summed E-state index contributed by atoms with van der Waals surface area (Å²) in [7, 11) is 4.99. The Morgan fingerprint density at radius 3 is 2.62 bits per heavy atom. The highest BCUT2D eigenvalue weighted by atomic mass is 16.6. The van der Waals surface area contributed by atoms with Crippen LogP contribution in [0.5, 0.6) is 5.88 Å². The third-order valence-corrected chi connectivity index (χ3v) is 1.52. The van der Waals surface area contributed by atoms with Crippen LogP contribution >= 0.6 is 0 Å². The number of amides is 1. The summed E-state index contributed by atoms with van der Waals surface area (Å²) < 4.78 is 6.54. The van der Waals surface area contributed by atoms with Crippen LogP contribution in [-0.4, -0.2) is 34.9 Å². The zero-order valence-corrected chi connectivity index (χ0v) is 8.24. The third-order valence-electron chi connectivity index (χ3n) is 1.52. The van der Waals surface area contributed by atoms with Crippen LogP contribution in [0.15, 0.2) is 6.07 Å². The molecule has 5 heteroatoms. The van der Waals surface area contributed by atoms with Crippen molar-refractivity contribution < 1.29 is 9.53 Å². The van der Waals surface area contributed by atoms with Gasteiger partial charge in [-0.15, -0.1) is 0 Å². The van der Waals surface area contributed by atoms with Crippen LogP contribution in [-0.2, 0) is 7.05 Å². The molecule has 1 amide bonds. The zero-order valence-electron chi connectivity index (χ0n) is 8.24. The fraction of sp³-hybridized carbons (Fsp3) is 0.500. The molecule has 0 spiro atoms. The molecular formula is C8H13N3O2. The molecule has 0 aliphatic heterocycles. The first-order chi connectivity index (χ1) is 6.00. The fourth-order valence-electron chi connectivity index (χ4n) is 0.863. The summed E-state index contributed by atoms with van der Waals surface area (Å²) in [6.45, 7) is 1.84. The van der Waals surface area contributed by atoms with Crippen LogP contribution in [0.25, 0.3) is 0 Å². The predicted molar refractivity (Wildman–Crippen MR) is 47.7 cm³/mol. The topological polar surface area (TPSA) is 47.4 Å². The number of carbonyl (C=O) groups excluding carboxylic acids is 1. The lowest BCUT2D eigenvalue weighted by Crippen LogP contribution is -2.26. The van der Waals surface area contributed by atoms with Gasteiger partial charge in [-0.2, -0.15) is 5.10 Å². The van der Waals surface area contributed by atoms with Gasteiger partial charge in [0.25, 0.3) is 0 Å². The number of hydrogen-bond acceptors (Lipinski definition) is 3. The first kappa shape index (κ1) is 9.57. The maximum atomic E-state index is 11.1. The summed E-state index contributed by atoms with van der Waals surface area (Å²) in [5.74, 6) is 0.455. The Hall–Kier alpha value is -1.52. The summed E-state index contributed by atoms with van der Waals surface area (Å²) in [5, 5.41) is 4.04. The molecule has 1 heterocycles. The number of carbonyl (C=O) groups is 1. The van der Waals surface area contributed by atoms with E-state index >= 15 is 0 Å². The van der Waals surface area contributed by atoms with E-state index in [1.165, 1.54) is 9.58 Å². The molecule has 0 fully saturated rings. The van der Waals surface area contributed by atoms with Gasteiger partial charge in [-0.05, 0) is 6.92 Å². The van der Waals surface area contributed by atoms with Crippen LogP contribution in [0.1, 0.15) is 5.69 Å². The Morgan fingerprint density at radius 1 is 1.62 bits per heavy atom. The van der Waals surface area contributed by atoms with Gasteiger partial charge < -0.3 is 9.64 Å². The maximum Gasteiger partial charge on any atom is 0.416 e. The second-order valence-corrected chi connectivity index (χ2v) is 3.01. The van der Waals surface area contributed by atoms with Crippen LogP contribution in [0.4, 0.5) is 4.79 Å². The molecule has 1 rings (SSSR count). The number of nitrogens with zero attached hydrogens (tertiary/aromatic N) is 3. The second-order valence-electron chi connectivity index (χ2n) is 3.01. The van der Waals surface area contributed by atoms with Gasteiger partial charge in [0, 0.05) is 27.2 Å². The molecule has 5 nitrogen and oxygen atoms in total. The normalized spacial score (nSPS) is 9.85. The van der Waals surface area contributed by atoms with Crippen molar-refractivity contribution in [2.45, 2.75) is 6.92 Å². The first-order valence-electron chi connectivity index (χ1n) is 3.90. The number of aromatic nitrogens is 2. The van der Waals surface area contributed by atoms with E-state index in [0.717, 1.165) is 5.69 Å². The molecule has 0 atom stereocenters. The number of aryl methyl sites for hydroxylation is 2. The van der Waals surface area contributed by atoms with Gasteiger partial charge >= 0.3 is 6.09 Å². The Balaban J connectivity index is 2.74. The van der Waals surface area contributed by atoms with E-state index in [2.05, 4.69) is 5.10 Å². The molecule has 0 aliphatic carbocycles. The monoisotopic (exact) mass is 183 g/mol. The lowest BCUT2D eigenvalue weighted by atomic mass is 10.5. The van der Waals surface area contributed by atoms with Gasteiger partial charge in [-0.1, -0.05) is 0 Å². The van der Waals surface area contributed by atoms with Crippen molar-refractivity contribution >= 4 is 6.09 Å². The Bertz CT molecular complexity index is 317. The van der Waals surface area contributed by atoms with Crippen molar-refractivity contribution in [2.75, 3.05) is 14.1 Å². The molecular weight excluding hydrogens is 170 g/mol. The van der Waals surface area contributed by atoms with Crippen LogP contribution in [0.2, 0.25) is 0 Å². The van der Waals surface area contributed by atoms with Gasteiger partial charge in [0.05, 0.1) is 5.69 Å². The molecule has 0 saturated carbocycles. The number of rotatable bonds is 1. The molecule has 0 aromatic carbocycles. The van der Waals surface area contributed by atoms with Gasteiger partial charge in [0.1, 0.15) is 0 Å². The summed E-state index contributed by atoms with van der Waals surface area (Å²) >= 11 is 0. The largest absolute Gasteiger partial charge is 0.416 e. The molecule has 13 heavy (non-hydrogen) atoms. The van der Waals surface area contributed by atoms with Crippen molar-refractivity contribution in [1.29, 1.82) is 0 Å². The van der Waals surface area contributed by atoms with Gasteiger partial charge in [0.15, 0.2) is 0 Å². The highest BCUT2D eigenvalue weighted by Crippen LogP contribution is 2.11. The number of hydrogen-bond donors (Lipinski definition) is 0. The predicted octanol–water partition coefficient (Wildman–Crippen LogP) is 0.789. The highest BCUT2D eigenvalue weighted by molar-refractivity contribution is 5.69. The minimum atomic E-state index is -0.400. The molecule has 0 unspecified atom stereocenters. The summed E-state index contributed by atoms with van der Waals surface area (Å²) in [6.07, 6.45) is -0.400. The second kappa shape index (κ2) is 3.47. The van der Waals surface area contributed by atoms with E-state index in [-0.39, 0.29) is 0 Å². The Labute approximate surface area is 76.9 Å². The smallest absolute Gasteiger partial charge is 0.391 e. The van der Waals surface area contributed by atoms with E-state index in [4.69, 9.17) is 4.74 Å². The van der Waals surface area contributed by atoms with Crippen molar-refractivity contribution in [2.24, 2.45) is 7.05 Å². The Morgan fingerprint density at radius 2 is 2.23 bits per heavy atom. The minimum Gasteiger partial charge on any atom is -0.391 e. The maximum absolute atomic E-state index is 11.1. The molecule has 0 radical (unpaired) electrons. The van der Waals surface area contributed by atoms with Gasteiger partial charge in [-0.3, -0.25) is 0 Å². The first-order valence-corrected chi connectivity index (χ1v) is 3.90. The average molecular weight is 183 g/mol.